The highest BCUT2D eigenvalue weighted by Crippen LogP contribution is 2.29. The van der Waals surface area contributed by atoms with Gasteiger partial charge in [0.1, 0.15) is 12.9 Å². The molecule has 0 amide bonds. The number of hydrogen-bond acceptors (Lipinski definition) is 5. The van der Waals surface area contributed by atoms with Crippen LogP contribution in [0.2, 0.25) is 0 Å². The summed E-state index contributed by atoms with van der Waals surface area (Å²) in [6.07, 6.45) is 2.43. The van der Waals surface area contributed by atoms with Crippen LogP contribution in [0.1, 0.15) is 6.42 Å². The van der Waals surface area contributed by atoms with E-state index in [4.69, 9.17) is 0 Å². The molecule has 2 aromatic carbocycles. The first kappa shape index (κ1) is 16.6. The Morgan fingerprint density at radius 1 is 1.27 bits per heavy atom. The number of rotatable bonds is 5. The summed E-state index contributed by atoms with van der Waals surface area (Å²) in [5.74, 6) is -0.190. The highest BCUT2D eigenvalue weighted by atomic mass is 16.5. The lowest BCUT2D eigenvalue weighted by molar-refractivity contribution is -1.07. The Labute approximate surface area is 149 Å². The zero-order valence-corrected chi connectivity index (χ0v) is 14.7. The van der Waals surface area contributed by atoms with Crippen molar-refractivity contribution in [2.24, 2.45) is 0 Å². The normalized spacial score (nSPS) is 12.4. The van der Waals surface area contributed by atoms with Gasteiger partial charge in [-0.15, -0.1) is 5.75 Å². The van der Waals surface area contributed by atoms with Crippen molar-refractivity contribution in [1.82, 2.24) is 9.38 Å². The van der Waals surface area contributed by atoms with E-state index in [-0.39, 0.29) is 15.8 Å². The van der Waals surface area contributed by atoms with Crippen LogP contribution >= 0.6 is 0 Å². The van der Waals surface area contributed by atoms with Gasteiger partial charge in [0.15, 0.2) is 5.43 Å². The molecule has 7 nitrogen and oxygen atoms in total. The van der Waals surface area contributed by atoms with Gasteiger partial charge >= 0.3 is 0 Å². The molecular weight excluding hydrogens is 332 g/mol. The monoisotopic (exact) mass is 352 g/mol. The van der Waals surface area contributed by atoms with Crippen LogP contribution < -0.4 is 15.9 Å². The molecule has 0 unspecified atom stereocenters. The summed E-state index contributed by atoms with van der Waals surface area (Å²) < 4.78 is 1.76. The second-order valence-corrected chi connectivity index (χ2v) is 7.10. The van der Waals surface area contributed by atoms with Crippen molar-refractivity contribution in [1.29, 1.82) is 0 Å². The Morgan fingerprint density at radius 3 is 2.85 bits per heavy atom. The standard InChI is InChI=1S/C19H20N4O3/c1-23(2,26)9-3-8-20-14-5-6-15-18-17(14)19(25)13-10-12(24)4-7-16(13)22(18)11-21-15/h4-7,10-11,26H,3,8-9H2,1-2H3,(H-,20,24,25). The molecule has 0 saturated carbocycles. The van der Waals surface area contributed by atoms with Crippen LogP contribution in [0.5, 0.6) is 5.75 Å². The first-order chi connectivity index (χ1) is 12.3. The summed E-state index contributed by atoms with van der Waals surface area (Å²) in [6, 6.07) is 8.23. The molecule has 2 N–H and O–H groups in total. The molecule has 0 atom stereocenters. The minimum absolute atomic E-state index is 0.0983. The Balaban J connectivity index is 1.85. The molecule has 4 rings (SSSR count). The van der Waals surface area contributed by atoms with E-state index in [0.717, 1.165) is 23.1 Å². The van der Waals surface area contributed by atoms with Crippen molar-refractivity contribution < 1.29 is 15.0 Å². The Bertz CT molecular complexity index is 1160. The topological polar surface area (TPSA) is 89.7 Å². The zero-order valence-electron chi connectivity index (χ0n) is 14.7. The molecular formula is C19H20N4O3. The van der Waals surface area contributed by atoms with E-state index in [1.54, 1.807) is 26.5 Å². The lowest BCUT2D eigenvalue weighted by Crippen LogP contribution is -2.36. The first-order valence-corrected chi connectivity index (χ1v) is 8.51. The lowest BCUT2D eigenvalue weighted by atomic mass is 10.1. The van der Waals surface area contributed by atoms with Crippen molar-refractivity contribution >= 4 is 33.0 Å². The molecule has 7 heteroatoms. The third-order valence-corrected chi connectivity index (χ3v) is 4.61. The number of hydrogen-bond donors (Lipinski definition) is 2. The number of fused-ring (bicyclic) bond motifs is 2. The van der Waals surface area contributed by atoms with Gasteiger partial charge in [0.25, 0.3) is 0 Å². The van der Waals surface area contributed by atoms with Crippen LogP contribution in [0.15, 0.2) is 41.5 Å². The molecule has 0 bridgehead atoms. The predicted molar refractivity (Wildman–Crippen MR) is 99.0 cm³/mol. The molecule has 0 radical (unpaired) electrons. The third-order valence-electron chi connectivity index (χ3n) is 4.61. The first-order valence-electron chi connectivity index (χ1n) is 8.51. The number of hydroxylamine groups is 3. The van der Waals surface area contributed by atoms with Gasteiger partial charge < -0.3 is 10.4 Å². The van der Waals surface area contributed by atoms with Crippen molar-refractivity contribution in [2.75, 3.05) is 32.5 Å². The second kappa shape index (κ2) is 5.82. The molecule has 0 saturated heterocycles. The van der Waals surface area contributed by atoms with Crippen LogP contribution in [-0.4, -0.2) is 46.4 Å². The summed E-state index contributed by atoms with van der Waals surface area (Å²) >= 11 is 0. The van der Waals surface area contributed by atoms with Gasteiger partial charge in [0.05, 0.1) is 36.0 Å². The molecule has 2 heterocycles. The Kier molecular flexibility index (Phi) is 3.71. The predicted octanol–water partition coefficient (Wildman–Crippen LogP) is 1.78. The van der Waals surface area contributed by atoms with Crippen LogP contribution in [0.25, 0.3) is 27.3 Å². The van der Waals surface area contributed by atoms with Gasteiger partial charge in [0, 0.05) is 24.0 Å². The summed E-state index contributed by atoms with van der Waals surface area (Å²) in [5.41, 5.74) is 2.72. The van der Waals surface area contributed by atoms with Crippen molar-refractivity contribution in [3.8, 4) is 5.75 Å². The Hall–Kier alpha value is -2.90. The van der Waals surface area contributed by atoms with Gasteiger partial charge in [-0.1, -0.05) is 12.1 Å². The maximum absolute atomic E-state index is 13.1. The van der Waals surface area contributed by atoms with Gasteiger partial charge in [-0.2, -0.15) is 4.65 Å². The zero-order chi connectivity index (χ0) is 18.5. The summed E-state index contributed by atoms with van der Waals surface area (Å²) in [5, 5.41) is 25.7. The SMILES string of the molecule is C[N+](C)(O)CCCNc1ccc2ncn3c4ccc([O-])cc4c(=O)c1c23. The number of imidazole rings is 1. The number of nitrogens with zero attached hydrogens (tertiary/aromatic N) is 3. The van der Waals surface area contributed by atoms with Crippen LogP contribution in [0.3, 0.4) is 0 Å². The molecule has 0 spiro atoms. The van der Waals surface area contributed by atoms with Crippen LogP contribution in [-0.2, 0) is 0 Å². The largest absolute Gasteiger partial charge is 0.872 e. The third kappa shape index (κ3) is 2.71. The molecule has 2 aromatic heterocycles. The van der Waals surface area contributed by atoms with E-state index in [1.165, 1.54) is 12.1 Å². The molecule has 0 aliphatic heterocycles. The summed E-state index contributed by atoms with van der Waals surface area (Å²) in [6.45, 7) is 1.22. The van der Waals surface area contributed by atoms with Crippen molar-refractivity contribution in [3.63, 3.8) is 0 Å². The minimum Gasteiger partial charge on any atom is -0.872 e. The van der Waals surface area contributed by atoms with Gasteiger partial charge in [0.2, 0.25) is 0 Å². The Morgan fingerprint density at radius 2 is 2.08 bits per heavy atom. The maximum Gasteiger partial charge on any atom is 0.199 e. The van der Waals surface area contributed by atoms with Gasteiger partial charge in [-0.05, 0) is 18.2 Å². The summed E-state index contributed by atoms with van der Waals surface area (Å²) in [4.78, 5) is 17.5. The fourth-order valence-corrected chi connectivity index (χ4v) is 3.40. The smallest absolute Gasteiger partial charge is 0.199 e. The van der Waals surface area contributed by atoms with E-state index < -0.39 is 0 Å². The highest BCUT2D eigenvalue weighted by molar-refractivity contribution is 6.07. The molecule has 4 aromatic rings. The van der Waals surface area contributed by atoms with Gasteiger partial charge in [-0.3, -0.25) is 9.20 Å². The van der Waals surface area contributed by atoms with E-state index in [0.29, 0.717) is 29.4 Å². The lowest BCUT2D eigenvalue weighted by Gasteiger charge is -2.19. The average molecular weight is 352 g/mol. The molecule has 134 valence electrons. The number of pyridine rings is 1. The number of anilines is 1. The van der Waals surface area contributed by atoms with E-state index in [9.17, 15) is 15.1 Å². The molecule has 26 heavy (non-hydrogen) atoms. The van der Waals surface area contributed by atoms with Crippen LogP contribution in [0, 0.1) is 0 Å². The fraction of sp³-hybridized carbons (Fsp3) is 0.263. The summed E-state index contributed by atoms with van der Waals surface area (Å²) in [7, 11) is 3.44. The molecule has 0 aliphatic rings. The maximum atomic E-state index is 13.1. The minimum atomic E-state index is -0.190. The van der Waals surface area contributed by atoms with E-state index in [2.05, 4.69) is 10.3 Å². The molecule has 0 aliphatic carbocycles. The second-order valence-electron chi connectivity index (χ2n) is 7.10. The average Bonchev–Trinajstić information content (AvgIpc) is 3.00. The number of nitrogens with one attached hydrogen (secondary N) is 1. The quantitative estimate of drug-likeness (QED) is 0.247. The van der Waals surface area contributed by atoms with Gasteiger partial charge in [-0.25, -0.2) is 10.2 Å². The number of aromatic nitrogens is 2. The van der Waals surface area contributed by atoms with E-state index in [1.807, 2.05) is 16.5 Å². The van der Waals surface area contributed by atoms with Crippen molar-refractivity contribution in [2.45, 2.75) is 6.42 Å². The van der Waals surface area contributed by atoms with Crippen molar-refractivity contribution in [3.05, 3.63) is 46.9 Å². The highest BCUT2D eigenvalue weighted by Gasteiger charge is 2.16. The van der Waals surface area contributed by atoms with Crippen LogP contribution in [0.4, 0.5) is 5.69 Å². The number of quaternary nitrogens is 1. The number of benzene rings is 2. The van der Waals surface area contributed by atoms with E-state index >= 15 is 0 Å². The fourth-order valence-electron chi connectivity index (χ4n) is 3.40. The molecule has 0 fully saturated rings.